The van der Waals surface area contributed by atoms with Crippen LogP contribution >= 0.6 is 0 Å². The topological polar surface area (TPSA) is 131 Å². The molecule has 10 heteroatoms. The van der Waals surface area contributed by atoms with Crippen molar-refractivity contribution in [3.8, 4) is 0 Å². The molecule has 0 bridgehead atoms. The molecular weight excluding hydrogens is 620 g/mol. The number of fused-ring (bicyclic) bond motifs is 1. The van der Waals surface area contributed by atoms with Crippen molar-refractivity contribution >= 4 is 5.78 Å². The Labute approximate surface area is 297 Å². The monoisotopic (exact) mass is 693 g/mol. The second-order valence-corrected chi connectivity index (χ2v) is 19.6. The van der Waals surface area contributed by atoms with E-state index in [9.17, 15) is 30.7 Å². The number of nitrogens with zero attached hydrogens (tertiary/aromatic N) is 4. The average molecular weight is 693 g/mol. The fourth-order valence-corrected chi connectivity index (χ4v) is 8.68. The van der Waals surface area contributed by atoms with Crippen LogP contribution in [0.3, 0.4) is 0 Å². The zero-order valence-electron chi connectivity index (χ0n) is 33.8. The van der Waals surface area contributed by atoms with E-state index in [1.807, 2.05) is 95.2 Å². The summed E-state index contributed by atoms with van der Waals surface area (Å²) in [6.45, 7) is 31.8. The SMILES string of the molecule is CC1(C)CC(=O)CC(C)(C)N1O.CC1(C)CC(O)CC(C)(C)N1O.CC1(C)CCCC(C)(C)N1O.CC1(C)c2ccccc2C(C)(C)N1O. The van der Waals surface area contributed by atoms with Gasteiger partial charge in [0.15, 0.2) is 0 Å². The Bertz CT molecular complexity index is 1200. The molecule has 3 saturated heterocycles. The Morgan fingerprint density at radius 3 is 1.14 bits per heavy atom. The van der Waals surface area contributed by atoms with Crippen LogP contribution in [0.5, 0.6) is 0 Å². The van der Waals surface area contributed by atoms with Crippen molar-refractivity contribution in [1.29, 1.82) is 0 Å². The standard InChI is InChI=1S/C12H17NO.C9H19NO2.C9H17NO2.C9H19NO/c1-11(2)9-7-5-6-8-10(9)12(3,4)13(11)14;2*1-8(2)5-7(11)6-9(3,4)10(8)12;1-8(2)6-5-7-9(3,4)10(8)11/h5-8,14H,1-4H3;7,11-12H,5-6H2,1-4H3;12H,5-6H2,1-4H3;11H,5-7H2,1-4H3. The van der Waals surface area contributed by atoms with E-state index in [1.54, 1.807) is 0 Å². The molecule has 1 aromatic carbocycles. The summed E-state index contributed by atoms with van der Waals surface area (Å²) in [5.41, 5.74) is 0.295. The maximum absolute atomic E-state index is 11.3. The second kappa shape index (κ2) is 14.5. The van der Waals surface area contributed by atoms with Crippen LogP contribution < -0.4 is 0 Å². The predicted octanol–water partition coefficient (Wildman–Crippen LogP) is 8.27. The number of piperidine rings is 3. The molecule has 0 aromatic heterocycles. The third kappa shape index (κ3) is 9.70. The molecule has 10 nitrogen and oxygen atoms in total. The molecular formula is C39H72N4O6. The zero-order valence-corrected chi connectivity index (χ0v) is 33.8. The van der Waals surface area contributed by atoms with Gasteiger partial charge in [0.25, 0.3) is 0 Å². The summed E-state index contributed by atoms with van der Waals surface area (Å²) >= 11 is 0. The first-order valence-corrected chi connectivity index (χ1v) is 18.0. The Kier molecular flexibility index (Phi) is 12.9. The number of hydrogen-bond donors (Lipinski definition) is 5. The van der Waals surface area contributed by atoms with Gasteiger partial charge in [0, 0.05) is 46.1 Å². The van der Waals surface area contributed by atoms with E-state index in [2.05, 4.69) is 39.8 Å². The van der Waals surface area contributed by atoms with Gasteiger partial charge in [0.1, 0.15) is 5.78 Å². The quantitative estimate of drug-likeness (QED) is 0.181. The van der Waals surface area contributed by atoms with Gasteiger partial charge in [-0.15, -0.1) is 0 Å². The molecule has 4 aliphatic rings. The molecule has 284 valence electrons. The summed E-state index contributed by atoms with van der Waals surface area (Å²) in [5, 5.41) is 54.7. The van der Waals surface area contributed by atoms with E-state index < -0.39 is 11.1 Å². The number of carbonyl (C=O) groups is 1. The highest BCUT2D eigenvalue weighted by atomic mass is 16.5. The summed E-state index contributed by atoms with van der Waals surface area (Å²) < 4.78 is 0. The first-order chi connectivity index (χ1) is 21.8. The van der Waals surface area contributed by atoms with Crippen LogP contribution in [0.1, 0.15) is 167 Å². The molecule has 0 radical (unpaired) electrons. The fraction of sp³-hybridized carbons (Fsp3) is 0.821. The molecule has 4 aliphatic heterocycles. The van der Waals surface area contributed by atoms with Crippen molar-refractivity contribution in [2.75, 3.05) is 0 Å². The highest BCUT2D eigenvalue weighted by molar-refractivity contribution is 5.81. The third-order valence-corrected chi connectivity index (χ3v) is 11.1. The van der Waals surface area contributed by atoms with Crippen molar-refractivity contribution in [2.24, 2.45) is 0 Å². The zero-order chi connectivity index (χ0) is 38.4. The minimum absolute atomic E-state index is 0.0399. The molecule has 1 aromatic rings. The summed E-state index contributed by atoms with van der Waals surface area (Å²) in [6, 6.07) is 8.23. The van der Waals surface area contributed by atoms with Gasteiger partial charge in [-0.1, -0.05) is 24.3 Å². The van der Waals surface area contributed by atoms with E-state index in [1.165, 1.54) is 37.8 Å². The van der Waals surface area contributed by atoms with E-state index in [-0.39, 0.29) is 45.1 Å². The number of benzene rings is 1. The van der Waals surface area contributed by atoms with Gasteiger partial charge in [0.05, 0.1) is 17.2 Å². The largest absolute Gasteiger partial charge is 0.393 e. The van der Waals surface area contributed by atoms with E-state index >= 15 is 0 Å². The van der Waals surface area contributed by atoms with Crippen LogP contribution in [0.2, 0.25) is 0 Å². The third-order valence-electron chi connectivity index (χ3n) is 11.1. The Hall–Kier alpha value is -1.47. The van der Waals surface area contributed by atoms with Crippen LogP contribution in [0.25, 0.3) is 0 Å². The Balaban J connectivity index is 0.000000228. The van der Waals surface area contributed by atoms with Gasteiger partial charge in [0.2, 0.25) is 0 Å². The summed E-state index contributed by atoms with van der Waals surface area (Å²) in [5.74, 6) is 0.232. The molecule has 3 fully saturated rings. The molecule has 0 saturated carbocycles. The summed E-state index contributed by atoms with van der Waals surface area (Å²) in [6.07, 6.45) is 5.25. The maximum atomic E-state index is 11.3. The van der Waals surface area contributed by atoms with Gasteiger partial charge in [-0.25, -0.2) is 0 Å². The lowest BCUT2D eigenvalue weighted by Crippen LogP contribution is -2.60. The lowest BCUT2D eigenvalue weighted by molar-refractivity contribution is -0.257. The van der Waals surface area contributed by atoms with Gasteiger partial charge in [-0.3, -0.25) is 4.79 Å². The van der Waals surface area contributed by atoms with Gasteiger partial charge >= 0.3 is 0 Å². The van der Waals surface area contributed by atoms with Gasteiger partial charge < -0.3 is 25.9 Å². The second-order valence-electron chi connectivity index (χ2n) is 19.6. The molecule has 4 heterocycles. The fourth-order valence-electron chi connectivity index (χ4n) is 8.68. The van der Waals surface area contributed by atoms with E-state index in [0.717, 1.165) is 12.8 Å². The normalized spacial score (nSPS) is 28.1. The molecule has 0 amide bonds. The highest BCUT2D eigenvalue weighted by Crippen LogP contribution is 2.47. The number of rotatable bonds is 0. The number of carbonyl (C=O) groups excluding carboxylic acids is 1. The van der Waals surface area contributed by atoms with Crippen molar-refractivity contribution in [3.05, 3.63) is 35.4 Å². The molecule has 5 rings (SSSR count). The minimum Gasteiger partial charge on any atom is -0.393 e. The average Bonchev–Trinajstić information content (AvgIpc) is 3.06. The molecule has 49 heavy (non-hydrogen) atoms. The molecule has 0 aliphatic carbocycles. The first kappa shape index (κ1) is 43.7. The maximum Gasteiger partial charge on any atom is 0.136 e. The predicted molar refractivity (Wildman–Crippen MR) is 195 cm³/mol. The van der Waals surface area contributed by atoms with Gasteiger partial charge in [-0.2, -0.15) is 20.3 Å². The number of Topliss-reactive ketones (excluding diaryl/α,β-unsaturated/α-hetero) is 1. The number of hydrogen-bond acceptors (Lipinski definition) is 10. The first-order valence-electron chi connectivity index (χ1n) is 18.0. The number of aliphatic hydroxyl groups is 1. The van der Waals surface area contributed by atoms with Crippen LogP contribution in [-0.4, -0.2) is 91.3 Å². The van der Waals surface area contributed by atoms with E-state index in [4.69, 9.17) is 0 Å². The lowest BCUT2D eigenvalue weighted by Gasteiger charge is -2.50. The van der Waals surface area contributed by atoms with Crippen LogP contribution in [0, 0.1) is 0 Å². The number of ketones is 1. The lowest BCUT2D eigenvalue weighted by atomic mass is 9.80. The Morgan fingerprint density at radius 1 is 0.510 bits per heavy atom. The summed E-state index contributed by atoms with van der Waals surface area (Å²) in [7, 11) is 0. The number of aliphatic hydroxyl groups excluding tert-OH is 1. The molecule has 0 spiro atoms. The van der Waals surface area contributed by atoms with Crippen molar-refractivity contribution in [3.63, 3.8) is 0 Å². The van der Waals surface area contributed by atoms with Crippen LogP contribution in [0.15, 0.2) is 24.3 Å². The molecule has 5 N–H and O–H groups in total. The van der Waals surface area contributed by atoms with Crippen LogP contribution in [0.4, 0.5) is 0 Å². The minimum atomic E-state index is -0.418. The highest BCUT2D eigenvalue weighted by Gasteiger charge is 2.49. The van der Waals surface area contributed by atoms with E-state index in [0.29, 0.717) is 25.7 Å². The van der Waals surface area contributed by atoms with Crippen molar-refractivity contribution in [1.82, 2.24) is 20.3 Å². The number of hydroxylamine groups is 8. The summed E-state index contributed by atoms with van der Waals surface area (Å²) in [4.78, 5) is 11.3. The van der Waals surface area contributed by atoms with Crippen LogP contribution in [-0.2, 0) is 15.9 Å². The molecule has 0 atom stereocenters. The van der Waals surface area contributed by atoms with Crippen molar-refractivity contribution < 1.29 is 30.7 Å². The smallest absolute Gasteiger partial charge is 0.136 e. The Morgan fingerprint density at radius 2 is 0.816 bits per heavy atom. The van der Waals surface area contributed by atoms with Crippen molar-refractivity contribution in [2.45, 2.75) is 206 Å². The van der Waals surface area contributed by atoms with Gasteiger partial charge in [-0.05, 0) is 154 Å². The molecule has 0 unspecified atom stereocenters.